The Morgan fingerprint density at radius 1 is 1.21 bits per heavy atom. The van der Waals surface area contributed by atoms with Gasteiger partial charge in [0.25, 0.3) is 0 Å². The van der Waals surface area contributed by atoms with Crippen LogP contribution in [0.2, 0.25) is 0 Å². The van der Waals surface area contributed by atoms with Crippen molar-refractivity contribution in [3.8, 4) is 11.3 Å². The second-order valence-electron chi connectivity index (χ2n) is 7.69. The molecule has 0 amide bonds. The summed E-state index contributed by atoms with van der Waals surface area (Å²) in [6.07, 6.45) is 1.99. The highest BCUT2D eigenvalue weighted by atomic mass is 32.2. The van der Waals surface area contributed by atoms with E-state index in [0.29, 0.717) is 17.7 Å². The molecule has 7 nitrogen and oxygen atoms in total. The topological polar surface area (TPSA) is 111 Å². The lowest BCUT2D eigenvalue weighted by atomic mass is 9.80. The molecule has 8 heteroatoms. The molecule has 2 aliphatic rings. The van der Waals surface area contributed by atoms with E-state index < -0.39 is 21.5 Å². The Hall–Kier alpha value is -2.61. The third-order valence-electron chi connectivity index (χ3n) is 5.59. The molecule has 28 heavy (non-hydrogen) atoms. The minimum atomic E-state index is -3.62. The number of hydrogen-bond donors (Lipinski definition) is 0. The molecule has 2 aliphatic carbocycles. The molecular formula is C20H19NO6S. The zero-order valence-electron chi connectivity index (χ0n) is 15.7. The lowest BCUT2D eigenvalue weighted by molar-refractivity contribution is -0.133. The standard InChI is InChI=1S/C20H19NO6S/c1-9-6-15(27-21-9)17-10(2)12(4-5-16(17)28(3,25)26)19(23)18-14(22)8-11-7-13(11)20(18)24/h4-6,11,13,18H,7-8H2,1-3H3. The summed E-state index contributed by atoms with van der Waals surface area (Å²) in [6.45, 7) is 3.29. The molecule has 0 aliphatic heterocycles. The summed E-state index contributed by atoms with van der Waals surface area (Å²) in [6, 6.07) is 4.28. The van der Waals surface area contributed by atoms with Crippen molar-refractivity contribution < 1.29 is 27.3 Å². The van der Waals surface area contributed by atoms with Crippen molar-refractivity contribution in [1.29, 1.82) is 0 Å². The first kappa shape index (κ1) is 18.7. The van der Waals surface area contributed by atoms with E-state index in [1.165, 1.54) is 12.1 Å². The summed E-state index contributed by atoms with van der Waals surface area (Å²) in [4.78, 5) is 38.0. The van der Waals surface area contributed by atoms with Gasteiger partial charge in [-0.3, -0.25) is 14.4 Å². The number of carbonyl (C=O) groups excluding carboxylic acids is 3. The molecule has 1 aromatic heterocycles. The third-order valence-corrected chi connectivity index (χ3v) is 6.73. The van der Waals surface area contributed by atoms with Crippen LogP contribution in [-0.2, 0) is 19.4 Å². The van der Waals surface area contributed by atoms with Crippen molar-refractivity contribution in [1.82, 2.24) is 5.16 Å². The SMILES string of the molecule is Cc1cc(-c2c(S(C)(=O)=O)ccc(C(=O)C3C(=O)CC4CC4C3=O)c2C)on1. The summed E-state index contributed by atoms with van der Waals surface area (Å²) >= 11 is 0. The lowest BCUT2D eigenvalue weighted by Gasteiger charge is -2.20. The molecule has 2 fully saturated rings. The second kappa shape index (κ2) is 6.20. The minimum Gasteiger partial charge on any atom is -0.356 e. The van der Waals surface area contributed by atoms with E-state index in [-0.39, 0.29) is 51.6 Å². The first-order valence-corrected chi connectivity index (χ1v) is 10.9. The highest BCUT2D eigenvalue weighted by Crippen LogP contribution is 2.48. The van der Waals surface area contributed by atoms with E-state index in [2.05, 4.69) is 5.16 Å². The molecule has 3 atom stereocenters. The molecular weight excluding hydrogens is 382 g/mol. The molecule has 0 N–H and O–H groups in total. The van der Waals surface area contributed by atoms with Crippen molar-refractivity contribution in [3.05, 3.63) is 35.0 Å². The van der Waals surface area contributed by atoms with E-state index in [0.717, 1.165) is 6.26 Å². The van der Waals surface area contributed by atoms with E-state index in [1.807, 2.05) is 0 Å². The molecule has 1 heterocycles. The van der Waals surface area contributed by atoms with Crippen LogP contribution in [0, 0.1) is 31.6 Å². The molecule has 3 unspecified atom stereocenters. The van der Waals surface area contributed by atoms with Gasteiger partial charge in [0.15, 0.2) is 32.9 Å². The van der Waals surface area contributed by atoms with Gasteiger partial charge in [0.05, 0.1) is 10.6 Å². The number of aryl methyl sites for hydroxylation is 1. The van der Waals surface area contributed by atoms with Crippen LogP contribution in [0.5, 0.6) is 0 Å². The average Bonchev–Trinajstić information content (AvgIpc) is 3.25. The van der Waals surface area contributed by atoms with Crippen molar-refractivity contribution >= 4 is 27.2 Å². The Balaban J connectivity index is 1.86. The Kier molecular flexibility index (Phi) is 4.15. The molecule has 146 valence electrons. The van der Waals surface area contributed by atoms with Gasteiger partial charge in [-0.2, -0.15) is 0 Å². The zero-order valence-corrected chi connectivity index (χ0v) is 16.5. The quantitative estimate of drug-likeness (QED) is 0.571. The van der Waals surface area contributed by atoms with Crippen LogP contribution >= 0.6 is 0 Å². The monoisotopic (exact) mass is 401 g/mol. The summed E-state index contributed by atoms with van der Waals surface area (Å²) in [5.74, 6) is -2.42. The molecule has 4 rings (SSSR count). The van der Waals surface area contributed by atoms with Gasteiger partial charge in [0.2, 0.25) is 0 Å². The molecule has 0 saturated heterocycles. The lowest BCUT2D eigenvalue weighted by Crippen LogP contribution is -2.37. The fraction of sp³-hybridized carbons (Fsp3) is 0.400. The zero-order chi connectivity index (χ0) is 20.4. The number of rotatable bonds is 4. The van der Waals surface area contributed by atoms with Gasteiger partial charge in [0, 0.05) is 35.8 Å². The number of fused-ring (bicyclic) bond motifs is 1. The fourth-order valence-electron chi connectivity index (χ4n) is 4.05. The molecule has 0 bridgehead atoms. The Morgan fingerprint density at radius 2 is 1.93 bits per heavy atom. The van der Waals surface area contributed by atoms with E-state index in [9.17, 15) is 22.8 Å². The van der Waals surface area contributed by atoms with Crippen LogP contribution in [0.15, 0.2) is 27.6 Å². The summed E-state index contributed by atoms with van der Waals surface area (Å²) in [7, 11) is -3.62. The van der Waals surface area contributed by atoms with Crippen LogP contribution in [-0.4, -0.2) is 37.2 Å². The summed E-state index contributed by atoms with van der Waals surface area (Å²) in [5, 5.41) is 3.80. The molecule has 0 radical (unpaired) electrons. The predicted octanol–water partition coefficient (Wildman–Crippen LogP) is 2.34. The van der Waals surface area contributed by atoms with Crippen LogP contribution in [0.1, 0.15) is 34.5 Å². The number of nitrogens with zero attached hydrogens (tertiary/aromatic N) is 1. The van der Waals surface area contributed by atoms with Crippen molar-refractivity contribution in [2.45, 2.75) is 31.6 Å². The number of carbonyl (C=O) groups is 3. The van der Waals surface area contributed by atoms with Crippen LogP contribution in [0.3, 0.4) is 0 Å². The number of Topliss-reactive ketones (excluding diaryl/α,β-unsaturated/α-hetero) is 3. The normalized spacial score (nSPS) is 24.2. The fourth-order valence-corrected chi connectivity index (χ4v) is 4.99. The van der Waals surface area contributed by atoms with Crippen molar-refractivity contribution in [2.24, 2.45) is 17.8 Å². The molecule has 1 aromatic carbocycles. The highest BCUT2D eigenvalue weighted by Gasteiger charge is 2.55. The van der Waals surface area contributed by atoms with Gasteiger partial charge in [-0.15, -0.1) is 0 Å². The summed E-state index contributed by atoms with van der Waals surface area (Å²) < 4.78 is 29.8. The maximum atomic E-state index is 13.1. The van der Waals surface area contributed by atoms with Gasteiger partial charge in [-0.25, -0.2) is 8.42 Å². The Labute approximate surface area is 162 Å². The number of hydrogen-bond acceptors (Lipinski definition) is 7. The molecule has 0 spiro atoms. The van der Waals surface area contributed by atoms with Crippen molar-refractivity contribution in [3.63, 3.8) is 0 Å². The maximum Gasteiger partial charge on any atom is 0.181 e. The highest BCUT2D eigenvalue weighted by molar-refractivity contribution is 7.90. The Morgan fingerprint density at radius 3 is 2.54 bits per heavy atom. The van der Waals surface area contributed by atoms with Gasteiger partial charge in [-0.05, 0) is 43.9 Å². The summed E-state index contributed by atoms with van der Waals surface area (Å²) in [5.41, 5.74) is 1.29. The van der Waals surface area contributed by atoms with E-state index >= 15 is 0 Å². The van der Waals surface area contributed by atoms with Crippen LogP contribution in [0.25, 0.3) is 11.3 Å². The number of benzene rings is 1. The largest absolute Gasteiger partial charge is 0.356 e. The number of sulfone groups is 1. The third kappa shape index (κ3) is 2.92. The van der Waals surface area contributed by atoms with Gasteiger partial charge in [-0.1, -0.05) is 5.16 Å². The van der Waals surface area contributed by atoms with Crippen LogP contribution in [0.4, 0.5) is 0 Å². The van der Waals surface area contributed by atoms with E-state index in [4.69, 9.17) is 4.52 Å². The Bertz CT molecular complexity index is 1140. The number of ketones is 3. The first-order chi connectivity index (χ1) is 13.1. The minimum absolute atomic E-state index is 0.00116. The number of aromatic nitrogens is 1. The average molecular weight is 401 g/mol. The van der Waals surface area contributed by atoms with Gasteiger partial charge >= 0.3 is 0 Å². The van der Waals surface area contributed by atoms with Crippen LogP contribution < -0.4 is 0 Å². The maximum absolute atomic E-state index is 13.1. The molecule has 2 saturated carbocycles. The van der Waals surface area contributed by atoms with Gasteiger partial charge in [0.1, 0.15) is 5.92 Å². The van der Waals surface area contributed by atoms with Crippen molar-refractivity contribution in [2.75, 3.05) is 6.26 Å². The molecule has 2 aromatic rings. The van der Waals surface area contributed by atoms with Gasteiger partial charge < -0.3 is 4.52 Å². The van der Waals surface area contributed by atoms with E-state index in [1.54, 1.807) is 19.9 Å². The smallest absolute Gasteiger partial charge is 0.181 e. The second-order valence-corrected chi connectivity index (χ2v) is 9.67. The predicted molar refractivity (Wildman–Crippen MR) is 98.6 cm³/mol. The first-order valence-electron chi connectivity index (χ1n) is 8.97.